The van der Waals surface area contributed by atoms with Crippen molar-refractivity contribution in [1.29, 1.82) is 0 Å². The first-order chi connectivity index (χ1) is 26.6. The predicted molar refractivity (Wildman–Crippen MR) is 199 cm³/mol. The number of esters is 4. The molecule has 0 spiro atoms. The molecule has 288 valence electrons. The van der Waals surface area contributed by atoms with Crippen molar-refractivity contribution in [1.82, 2.24) is 0 Å². The molecule has 0 atom stereocenters. The second kappa shape index (κ2) is 21.7. The SMILES string of the molecule is C=CC(=O)OCCCCOOC(=O)Oc1ccc(C(=O)Oc2ccc(OC(=O)c3ccc(OC(=O)OCCCCOC(=O)C=C)cc3)c3sc(=S)sc23)cc1. The quantitative estimate of drug-likeness (QED) is 0.0102. The van der Waals surface area contributed by atoms with E-state index < -0.39 is 36.2 Å². The van der Waals surface area contributed by atoms with E-state index in [-0.39, 0.29) is 60.6 Å². The van der Waals surface area contributed by atoms with E-state index in [0.29, 0.717) is 38.2 Å². The van der Waals surface area contributed by atoms with Crippen molar-refractivity contribution in [3.8, 4) is 23.0 Å². The predicted octanol–water partition coefficient (Wildman–Crippen LogP) is 8.11. The summed E-state index contributed by atoms with van der Waals surface area (Å²) in [6, 6.07) is 14.0. The minimum Gasteiger partial charge on any atom is -0.463 e. The first kappa shape index (κ1) is 41.8. The summed E-state index contributed by atoms with van der Waals surface area (Å²) in [6.45, 7) is 7.04. The van der Waals surface area contributed by atoms with Crippen LogP contribution in [0.4, 0.5) is 9.59 Å². The summed E-state index contributed by atoms with van der Waals surface area (Å²) in [5.41, 5.74) is 0.298. The molecule has 1 aromatic heterocycles. The summed E-state index contributed by atoms with van der Waals surface area (Å²) in [5, 5.41) is 0. The topological polar surface area (TPSA) is 185 Å². The van der Waals surface area contributed by atoms with Crippen molar-refractivity contribution in [2.45, 2.75) is 25.7 Å². The first-order valence-corrected chi connectivity index (χ1v) is 18.3. The minimum absolute atomic E-state index is 0.0496. The molecular weight excluding hydrogens is 781 g/mol. The van der Waals surface area contributed by atoms with E-state index in [1.807, 2.05) is 0 Å². The van der Waals surface area contributed by atoms with Crippen LogP contribution in [0.5, 0.6) is 23.0 Å². The monoisotopic (exact) mass is 812 g/mol. The van der Waals surface area contributed by atoms with Crippen LogP contribution in [0.1, 0.15) is 46.4 Å². The van der Waals surface area contributed by atoms with E-state index in [0.717, 1.165) is 12.2 Å². The molecule has 0 bridgehead atoms. The van der Waals surface area contributed by atoms with Crippen molar-refractivity contribution in [2.75, 3.05) is 26.4 Å². The molecule has 1 heterocycles. The number of fused-ring (bicyclic) bond motifs is 1. The van der Waals surface area contributed by atoms with Crippen molar-refractivity contribution < 1.29 is 71.7 Å². The number of hydrogen-bond donors (Lipinski definition) is 0. The fraction of sp³-hybridized carbons (Fsp3) is 0.216. The normalized spacial score (nSPS) is 10.4. The number of rotatable bonds is 19. The first-order valence-electron chi connectivity index (χ1n) is 16.2. The molecule has 0 amide bonds. The third-order valence-electron chi connectivity index (χ3n) is 6.73. The van der Waals surface area contributed by atoms with Gasteiger partial charge in [0.05, 0.1) is 47.0 Å². The van der Waals surface area contributed by atoms with Crippen LogP contribution in [0.2, 0.25) is 0 Å². The van der Waals surface area contributed by atoms with Gasteiger partial charge in [-0.05, 0) is 86.3 Å². The van der Waals surface area contributed by atoms with Crippen LogP contribution in [-0.2, 0) is 33.6 Å². The van der Waals surface area contributed by atoms with E-state index >= 15 is 0 Å². The van der Waals surface area contributed by atoms with Crippen LogP contribution in [0.3, 0.4) is 0 Å². The summed E-state index contributed by atoms with van der Waals surface area (Å²) in [4.78, 5) is 81.2. The van der Waals surface area contributed by atoms with Gasteiger partial charge >= 0.3 is 36.2 Å². The molecule has 0 unspecified atom stereocenters. The Morgan fingerprint density at radius 1 is 0.545 bits per heavy atom. The summed E-state index contributed by atoms with van der Waals surface area (Å²) in [5.74, 6) is -1.91. The number of hydrogen-bond acceptors (Lipinski definition) is 18. The molecule has 0 radical (unpaired) electrons. The molecule has 0 aliphatic rings. The van der Waals surface area contributed by atoms with Crippen LogP contribution in [0, 0.1) is 3.14 Å². The summed E-state index contributed by atoms with van der Waals surface area (Å²) >= 11 is 7.71. The maximum Gasteiger partial charge on any atom is 0.546 e. The van der Waals surface area contributed by atoms with Gasteiger partial charge in [0.15, 0.2) is 0 Å². The lowest BCUT2D eigenvalue weighted by Gasteiger charge is -2.10. The number of benzene rings is 3. The summed E-state index contributed by atoms with van der Waals surface area (Å²) < 4.78 is 37.5. The molecule has 0 aliphatic heterocycles. The average molecular weight is 813 g/mol. The molecule has 0 aliphatic carbocycles. The highest BCUT2D eigenvalue weighted by atomic mass is 32.2. The van der Waals surface area contributed by atoms with Crippen LogP contribution in [0.25, 0.3) is 9.40 Å². The van der Waals surface area contributed by atoms with Crippen LogP contribution >= 0.6 is 34.9 Å². The van der Waals surface area contributed by atoms with Gasteiger partial charge < -0.3 is 33.2 Å². The van der Waals surface area contributed by atoms with Crippen LogP contribution < -0.4 is 18.9 Å². The maximum atomic E-state index is 13.0. The molecule has 3 aromatic carbocycles. The molecule has 4 rings (SSSR count). The van der Waals surface area contributed by atoms with Gasteiger partial charge in [-0.1, -0.05) is 25.4 Å². The molecule has 0 N–H and O–H groups in total. The Kier molecular flexibility index (Phi) is 16.5. The number of unbranched alkanes of at least 4 members (excludes halogenated alkanes) is 2. The molecule has 15 nitrogen and oxygen atoms in total. The van der Waals surface area contributed by atoms with Gasteiger partial charge in [-0.2, -0.15) is 4.89 Å². The van der Waals surface area contributed by atoms with Crippen molar-refractivity contribution in [3.05, 3.63) is 100 Å². The number of carbonyl (C=O) groups excluding carboxylic acids is 6. The summed E-state index contributed by atoms with van der Waals surface area (Å²) in [6.07, 6.45) is 1.91. The zero-order chi connectivity index (χ0) is 39.6. The highest BCUT2D eigenvalue weighted by Gasteiger charge is 2.19. The Labute approximate surface area is 326 Å². The minimum atomic E-state index is -1.13. The average Bonchev–Trinajstić information content (AvgIpc) is 3.59. The Morgan fingerprint density at radius 2 is 0.964 bits per heavy atom. The molecule has 18 heteroatoms. The lowest BCUT2D eigenvalue weighted by Crippen LogP contribution is -2.13. The lowest BCUT2D eigenvalue weighted by molar-refractivity contribution is -0.249. The number of carbonyl (C=O) groups is 6. The summed E-state index contributed by atoms with van der Waals surface area (Å²) in [7, 11) is 0. The van der Waals surface area contributed by atoms with Gasteiger partial charge in [0, 0.05) is 12.2 Å². The van der Waals surface area contributed by atoms with E-state index in [4.69, 9.17) is 50.3 Å². The zero-order valence-electron chi connectivity index (χ0n) is 28.8. The van der Waals surface area contributed by atoms with E-state index in [2.05, 4.69) is 18.0 Å². The maximum absolute atomic E-state index is 13.0. The lowest BCUT2D eigenvalue weighted by atomic mass is 10.2. The Balaban J connectivity index is 1.25. The third-order valence-corrected chi connectivity index (χ3v) is 9.41. The van der Waals surface area contributed by atoms with Gasteiger partial charge in [-0.15, -0.1) is 22.7 Å². The highest BCUT2D eigenvalue weighted by molar-refractivity contribution is 7.77. The van der Waals surface area contributed by atoms with Crippen molar-refractivity contribution >= 4 is 80.5 Å². The van der Waals surface area contributed by atoms with Crippen molar-refractivity contribution in [3.63, 3.8) is 0 Å². The fourth-order valence-corrected chi connectivity index (χ4v) is 6.68. The fourth-order valence-electron chi connectivity index (χ4n) is 4.12. The van der Waals surface area contributed by atoms with Gasteiger partial charge in [-0.3, -0.25) is 4.89 Å². The zero-order valence-corrected chi connectivity index (χ0v) is 31.3. The largest absolute Gasteiger partial charge is 0.546 e. The van der Waals surface area contributed by atoms with Crippen LogP contribution in [-0.4, -0.2) is 62.6 Å². The van der Waals surface area contributed by atoms with Gasteiger partial charge in [0.2, 0.25) is 0 Å². The molecule has 0 fully saturated rings. The number of ether oxygens (including phenoxy) is 7. The highest BCUT2D eigenvalue weighted by Crippen LogP contribution is 2.42. The molecule has 0 saturated carbocycles. The van der Waals surface area contributed by atoms with Crippen LogP contribution in [0.15, 0.2) is 86.0 Å². The Hall–Kier alpha value is -5.95. The standard InChI is InChI=1S/C37H32O15S3/c1-3-29(38)44-19-5-6-21-46-35(42)48-25-13-9-23(10-14-25)33(40)50-27-17-18-28(32-31(27)54-37(53)55-32)51-34(41)24-11-15-26(16-12-24)49-36(43)52-47-22-8-7-20-45-30(39)4-2/h3-4,9-18H,1-2,5-8,19-22H2. The van der Waals surface area contributed by atoms with Gasteiger partial charge in [0.1, 0.15) is 26.1 Å². The molecule has 0 saturated heterocycles. The molecule has 4 aromatic rings. The Morgan fingerprint density at radius 3 is 1.42 bits per heavy atom. The molecule has 55 heavy (non-hydrogen) atoms. The van der Waals surface area contributed by atoms with Crippen molar-refractivity contribution in [2.24, 2.45) is 0 Å². The third kappa shape index (κ3) is 13.8. The second-order valence-corrected chi connectivity index (χ2v) is 13.8. The Bertz CT molecular complexity index is 2070. The van der Waals surface area contributed by atoms with Gasteiger partial charge in [-0.25, -0.2) is 28.8 Å². The smallest absolute Gasteiger partial charge is 0.463 e. The second-order valence-electron chi connectivity index (χ2n) is 10.6. The van der Waals surface area contributed by atoms with E-state index in [9.17, 15) is 28.8 Å². The van der Waals surface area contributed by atoms with Gasteiger partial charge in [0.25, 0.3) is 0 Å². The molecular formula is C37H32O15S3. The van der Waals surface area contributed by atoms with E-state index in [1.54, 1.807) is 0 Å². The van der Waals surface area contributed by atoms with E-state index in [1.165, 1.54) is 83.3 Å².